The van der Waals surface area contributed by atoms with E-state index >= 15 is 0 Å². The van der Waals surface area contributed by atoms with Crippen LogP contribution in [0.2, 0.25) is 0 Å². The summed E-state index contributed by atoms with van der Waals surface area (Å²) in [6, 6.07) is 12.6. The van der Waals surface area contributed by atoms with Crippen LogP contribution in [-0.2, 0) is 11.3 Å². The van der Waals surface area contributed by atoms with Crippen molar-refractivity contribution in [3.05, 3.63) is 64.3 Å². The first-order valence-corrected chi connectivity index (χ1v) is 7.61. The van der Waals surface area contributed by atoms with E-state index in [1.54, 1.807) is 11.8 Å². The highest BCUT2D eigenvalue weighted by Gasteiger charge is 2.25. The zero-order valence-electron chi connectivity index (χ0n) is 13.6. The van der Waals surface area contributed by atoms with Crippen molar-refractivity contribution >= 4 is 11.7 Å². The SMILES string of the molecule is CCN(Cc1ccccc1)C(=O)[C@@H](C)Oc1cccnc1[N+](=O)[O-]. The topological polar surface area (TPSA) is 85.6 Å². The summed E-state index contributed by atoms with van der Waals surface area (Å²) in [7, 11) is 0. The number of likely N-dealkylation sites (N-methyl/N-ethyl adjacent to an activating group) is 1. The number of ether oxygens (including phenoxy) is 1. The molecule has 2 aromatic rings. The van der Waals surface area contributed by atoms with Crippen molar-refractivity contribution in [2.75, 3.05) is 6.54 Å². The molecule has 1 heterocycles. The molecule has 0 saturated carbocycles. The Labute approximate surface area is 140 Å². The number of nitrogens with zero attached hydrogens (tertiary/aromatic N) is 3. The number of carbonyl (C=O) groups is 1. The van der Waals surface area contributed by atoms with Gasteiger partial charge in [-0.2, -0.15) is 0 Å². The van der Waals surface area contributed by atoms with Gasteiger partial charge < -0.3 is 19.8 Å². The number of hydrogen-bond donors (Lipinski definition) is 0. The highest BCUT2D eigenvalue weighted by atomic mass is 16.6. The minimum absolute atomic E-state index is 0.0147. The van der Waals surface area contributed by atoms with E-state index in [0.717, 1.165) is 5.56 Å². The summed E-state index contributed by atoms with van der Waals surface area (Å²) in [5.41, 5.74) is 1.01. The highest BCUT2D eigenvalue weighted by molar-refractivity contribution is 5.81. The van der Waals surface area contributed by atoms with E-state index < -0.39 is 16.8 Å². The van der Waals surface area contributed by atoms with Gasteiger partial charge in [-0.15, -0.1) is 0 Å². The first kappa shape index (κ1) is 17.4. The van der Waals surface area contributed by atoms with Crippen LogP contribution in [0.25, 0.3) is 0 Å². The van der Waals surface area contributed by atoms with Crippen LogP contribution in [-0.4, -0.2) is 33.4 Å². The van der Waals surface area contributed by atoms with Gasteiger partial charge in [0, 0.05) is 13.1 Å². The molecule has 0 bridgehead atoms. The minimum atomic E-state index is -0.850. The van der Waals surface area contributed by atoms with Gasteiger partial charge in [-0.05, 0) is 41.5 Å². The summed E-state index contributed by atoms with van der Waals surface area (Å²) in [6.45, 7) is 4.42. The molecule has 0 aliphatic carbocycles. The second-order valence-electron chi connectivity index (χ2n) is 5.18. The average Bonchev–Trinajstić information content (AvgIpc) is 2.60. The molecule has 126 valence electrons. The Kier molecular flexibility index (Phi) is 5.83. The molecule has 7 heteroatoms. The first-order chi connectivity index (χ1) is 11.5. The second kappa shape index (κ2) is 8.05. The highest BCUT2D eigenvalue weighted by Crippen LogP contribution is 2.24. The minimum Gasteiger partial charge on any atom is -0.473 e. The molecule has 7 nitrogen and oxygen atoms in total. The van der Waals surface area contributed by atoms with E-state index in [0.29, 0.717) is 13.1 Å². The Morgan fingerprint density at radius 1 is 1.29 bits per heavy atom. The van der Waals surface area contributed by atoms with Crippen LogP contribution in [0.5, 0.6) is 5.75 Å². The summed E-state index contributed by atoms with van der Waals surface area (Å²) in [5, 5.41) is 11.0. The van der Waals surface area contributed by atoms with Crippen LogP contribution in [0.3, 0.4) is 0 Å². The van der Waals surface area contributed by atoms with Crippen LogP contribution < -0.4 is 4.74 Å². The first-order valence-electron chi connectivity index (χ1n) is 7.61. The standard InChI is InChI=1S/C17H19N3O4/c1-3-19(12-14-8-5-4-6-9-14)17(21)13(2)24-15-10-7-11-18-16(15)20(22)23/h4-11,13H,3,12H2,1-2H3/t13-/m1/s1. The van der Waals surface area contributed by atoms with Crippen molar-refractivity contribution in [1.29, 1.82) is 0 Å². The van der Waals surface area contributed by atoms with E-state index in [9.17, 15) is 14.9 Å². The molecule has 2 rings (SSSR count). The number of amides is 1. The maximum atomic E-state index is 12.6. The van der Waals surface area contributed by atoms with Gasteiger partial charge in [0.1, 0.15) is 6.20 Å². The molecule has 24 heavy (non-hydrogen) atoms. The largest absolute Gasteiger partial charge is 0.473 e. The molecule has 0 saturated heterocycles. The molecule has 0 aliphatic rings. The van der Waals surface area contributed by atoms with Crippen LogP contribution in [0.15, 0.2) is 48.7 Å². The van der Waals surface area contributed by atoms with Crippen molar-refractivity contribution in [2.24, 2.45) is 0 Å². The lowest BCUT2D eigenvalue weighted by Gasteiger charge is -2.24. The van der Waals surface area contributed by atoms with E-state index in [1.165, 1.54) is 18.3 Å². The molecule has 0 aliphatic heterocycles. The summed E-state index contributed by atoms with van der Waals surface area (Å²) in [5.74, 6) is -0.651. The number of rotatable bonds is 7. The molecule has 0 radical (unpaired) electrons. The Morgan fingerprint density at radius 3 is 2.62 bits per heavy atom. The van der Waals surface area contributed by atoms with Crippen molar-refractivity contribution in [1.82, 2.24) is 9.88 Å². The molecular weight excluding hydrogens is 310 g/mol. The molecule has 1 amide bonds. The third-order valence-corrected chi connectivity index (χ3v) is 3.48. The summed E-state index contributed by atoms with van der Waals surface area (Å²) in [6.07, 6.45) is 0.460. The zero-order valence-corrected chi connectivity index (χ0v) is 13.6. The molecule has 1 aromatic carbocycles. The Bertz CT molecular complexity index is 706. The Morgan fingerprint density at radius 2 is 2.00 bits per heavy atom. The third-order valence-electron chi connectivity index (χ3n) is 3.48. The molecule has 0 fully saturated rings. The number of nitro groups is 1. The Hall–Kier alpha value is -2.96. The molecule has 0 N–H and O–H groups in total. The number of aromatic nitrogens is 1. The number of pyridine rings is 1. The van der Waals surface area contributed by atoms with Gasteiger partial charge in [0.05, 0.1) is 0 Å². The third kappa shape index (κ3) is 4.28. The van der Waals surface area contributed by atoms with Gasteiger partial charge in [-0.3, -0.25) is 4.79 Å². The lowest BCUT2D eigenvalue weighted by atomic mass is 10.2. The fraction of sp³-hybridized carbons (Fsp3) is 0.294. The predicted octanol–water partition coefficient (Wildman–Crippen LogP) is 2.81. The second-order valence-corrected chi connectivity index (χ2v) is 5.18. The maximum Gasteiger partial charge on any atom is 0.406 e. The number of hydrogen-bond acceptors (Lipinski definition) is 5. The molecular formula is C17H19N3O4. The molecule has 0 spiro atoms. The van der Waals surface area contributed by atoms with E-state index in [2.05, 4.69) is 4.98 Å². The molecule has 1 atom stereocenters. The van der Waals surface area contributed by atoms with Gasteiger partial charge in [0.15, 0.2) is 6.10 Å². The van der Waals surface area contributed by atoms with Crippen molar-refractivity contribution in [3.63, 3.8) is 0 Å². The normalized spacial score (nSPS) is 11.6. The number of carbonyl (C=O) groups excluding carboxylic acids is 1. The van der Waals surface area contributed by atoms with Gasteiger partial charge in [0.2, 0.25) is 5.75 Å². The predicted molar refractivity (Wildman–Crippen MR) is 88.5 cm³/mol. The van der Waals surface area contributed by atoms with E-state index in [-0.39, 0.29) is 11.7 Å². The smallest absolute Gasteiger partial charge is 0.406 e. The molecule has 1 aromatic heterocycles. The van der Waals surface area contributed by atoms with Crippen molar-refractivity contribution < 1.29 is 14.5 Å². The number of benzene rings is 1. The van der Waals surface area contributed by atoms with Gasteiger partial charge in [0.25, 0.3) is 5.91 Å². The lowest BCUT2D eigenvalue weighted by Crippen LogP contribution is -2.40. The maximum absolute atomic E-state index is 12.6. The molecule has 0 unspecified atom stereocenters. The van der Waals surface area contributed by atoms with Crippen LogP contribution in [0.1, 0.15) is 19.4 Å². The zero-order chi connectivity index (χ0) is 17.5. The van der Waals surface area contributed by atoms with E-state index in [1.807, 2.05) is 37.3 Å². The van der Waals surface area contributed by atoms with Crippen molar-refractivity contribution in [3.8, 4) is 5.75 Å². The summed E-state index contributed by atoms with van der Waals surface area (Å²) in [4.78, 5) is 28.2. The van der Waals surface area contributed by atoms with Gasteiger partial charge in [-0.1, -0.05) is 30.3 Å². The Balaban J connectivity index is 2.09. The summed E-state index contributed by atoms with van der Waals surface area (Å²) >= 11 is 0. The fourth-order valence-electron chi connectivity index (χ4n) is 2.26. The van der Waals surface area contributed by atoms with Crippen LogP contribution in [0, 0.1) is 10.1 Å². The summed E-state index contributed by atoms with van der Waals surface area (Å²) < 4.78 is 5.49. The fourth-order valence-corrected chi connectivity index (χ4v) is 2.26. The van der Waals surface area contributed by atoms with Gasteiger partial charge >= 0.3 is 5.82 Å². The van der Waals surface area contributed by atoms with Crippen LogP contribution in [0.4, 0.5) is 5.82 Å². The van der Waals surface area contributed by atoms with E-state index in [4.69, 9.17) is 4.74 Å². The van der Waals surface area contributed by atoms with Crippen molar-refractivity contribution in [2.45, 2.75) is 26.5 Å². The quantitative estimate of drug-likeness (QED) is 0.576. The average molecular weight is 329 g/mol. The monoisotopic (exact) mass is 329 g/mol. The van der Waals surface area contributed by atoms with Gasteiger partial charge in [-0.25, -0.2) is 0 Å². The van der Waals surface area contributed by atoms with Crippen LogP contribution >= 0.6 is 0 Å². The lowest BCUT2D eigenvalue weighted by molar-refractivity contribution is -0.390.